The third-order valence-corrected chi connectivity index (χ3v) is 2.94. The molecule has 3 nitrogen and oxygen atoms in total. The number of rotatable bonds is 6. The van der Waals surface area contributed by atoms with Gasteiger partial charge >= 0.3 is 6.18 Å². The molecule has 0 saturated heterocycles. The van der Waals surface area contributed by atoms with Crippen molar-refractivity contribution in [3.05, 3.63) is 29.8 Å². The third-order valence-electron chi connectivity index (χ3n) is 2.94. The van der Waals surface area contributed by atoms with Crippen molar-refractivity contribution in [2.75, 3.05) is 13.7 Å². The van der Waals surface area contributed by atoms with Crippen molar-refractivity contribution in [3.8, 4) is 5.75 Å². The Bertz CT molecular complexity index is 378. The monoisotopic (exact) mass is 276 g/mol. The minimum absolute atomic E-state index is 0.0358. The first-order valence-corrected chi connectivity index (χ1v) is 6.04. The minimum atomic E-state index is -4.33. The molecule has 0 fully saturated rings. The number of nitrogens with one attached hydrogen (secondary N) is 1. The Hall–Kier alpha value is -1.27. The highest BCUT2D eigenvalue weighted by atomic mass is 19.4. The molecule has 2 atom stereocenters. The summed E-state index contributed by atoms with van der Waals surface area (Å²) in [4.78, 5) is 0. The van der Waals surface area contributed by atoms with Gasteiger partial charge in [-0.25, -0.2) is 0 Å². The summed E-state index contributed by atoms with van der Waals surface area (Å²) in [5.74, 6) is 0.745. The van der Waals surface area contributed by atoms with Gasteiger partial charge in [-0.05, 0) is 37.6 Å². The molecular formula is C13H19F3N2O. The molecule has 0 amide bonds. The van der Waals surface area contributed by atoms with Crippen LogP contribution < -0.4 is 15.8 Å². The zero-order valence-corrected chi connectivity index (χ0v) is 11.0. The summed E-state index contributed by atoms with van der Waals surface area (Å²) in [6.45, 7) is 2.11. The largest absolute Gasteiger partial charge is 0.497 e. The SMILES string of the molecule is COc1ccc([C@H](C)NCC[C@H](N)C(F)(F)F)cc1. The number of methoxy groups -OCH3 is 1. The van der Waals surface area contributed by atoms with Crippen LogP contribution in [0, 0.1) is 0 Å². The first-order chi connectivity index (χ1) is 8.84. The Morgan fingerprint density at radius 2 is 1.84 bits per heavy atom. The Morgan fingerprint density at radius 3 is 2.32 bits per heavy atom. The minimum Gasteiger partial charge on any atom is -0.497 e. The van der Waals surface area contributed by atoms with Gasteiger partial charge in [-0.1, -0.05) is 12.1 Å². The fourth-order valence-corrected chi connectivity index (χ4v) is 1.63. The number of halogens is 3. The molecule has 0 radical (unpaired) electrons. The number of ether oxygens (including phenoxy) is 1. The van der Waals surface area contributed by atoms with E-state index in [1.807, 2.05) is 31.2 Å². The smallest absolute Gasteiger partial charge is 0.403 e. The summed E-state index contributed by atoms with van der Waals surface area (Å²) < 4.78 is 41.7. The first kappa shape index (κ1) is 15.8. The Morgan fingerprint density at radius 1 is 1.26 bits per heavy atom. The van der Waals surface area contributed by atoms with Gasteiger partial charge in [0.2, 0.25) is 0 Å². The zero-order chi connectivity index (χ0) is 14.5. The Kier molecular flexibility index (Phi) is 5.62. The van der Waals surface area contributed by atoms with Crippen LogP contribution in [0.2, 0.25) is 0 Å². The van der Waals surface area contributed by atoms with Gasteiger partial charge < -0.3 is 15.8 Å². The van der Waals surface area contributed by atoms with E-state index in [0.717, 1.165) is 11.3 Å². The van der Waals surface area contributed by atoms with Crippen LogP contribution in [-0.4, -0.2) is 25.9 Å². The standard InChI is InChI=1S/C13H19F3N2O/c1-9(10-3-5-11(19-2)6-4-10)18-8-7-12(17)13(14,15)16/h3-6,9,12,18H,7-8,17H2,1-2H3/t9-,12-/m0/s1. The van der Waals surface area contributed by atoms with E-state index in [1.165, 1.54) is 0 Å². The van der Waals surface area contributed by atoms with E-state index in [-0.39, 0.29) is 19.0 Å². The number of benzene rings is 1. The topological polar surface area (TPSA) is 47.3 Å². The summed E-state index contributed by atoms with van der Waals surface area (Å²) in [5, 5.41) is 3.02. The maximum Gasteiger partial charge on any atom is 0.403 e. The molecule has 0 aromatic heterocycles. The maximum absolute atomic E-state index is 12.2. The fourth-order valence-electron chi connectivity index (χ4n) is 1.63. The lowest BCUT2D eigenvalue weighted by atomic mass is 10.1. The van der Waals surface area contributed by atoms with Crippen LogP contribution >= 0.6 is 0 Å². The van der Waals surface area contributed by atoms with Gasteiger partial charge in [0, 0.05) is 6.04 Å². The van der Waals surface area contributed by atoms with Crippen molar-refractivity contribution < 1.29 is 17.9 Å². The lowest BCUT2D eigenvalue weighted by Gasteiger charge is -2.18. The molecule has 1 aromatic rings. The van der Waals surface area contributed by atoms with Crippen LogP contribution in [0.25, 0.3) is 0 Å². The highest BCUT2D eigenvalue weighted by Crippen LogP contribution is 2.21. The summed E-state index contributed by atoms with van der Waals surface area (Å²) in [7, 11) is 1.58. The van der Waals surface area contributed by atoms with Gasteiger partial charge in [-0.15, -0.1) is 0 Å². The molecule has 0 bridgehead atoms. The van der Waals surface area contributed by atoms with Crippen molar-refractivity contribution in [1.29, 1.82) is 0 Å². The molecule has 0 unspecified atom stereocenters. The maximum atomic E-state index is 12.2. The summed E-state index contributed by atoms with van der Waals surface area (Å²) in [5.41, 5.74) is 6.02. The van der Waals surface area contributed by atoms with Gasteiger partial charge in [-0.2, -0.15) is 13.2 Å². The normalized spacial score (nSPS) is 15.1. The van der Waals surface area contributed by atoms with Crippen LogP contribution in [0.5, 0.6) is 5.75 Å². The van der Waals surface area contributed by atoms with Gasteiger partial charge in [0.1, 0.15) is 11.8 Å². The molecule has 0 aliphatic heterocycles. The van der Waals surface area contributed by atoms with Gasteiger partial charge in [0.25, 0.3) is 0 Å². The lowest BCUT2D eigenvalue weighted by Crippen LogP contribution is -2.39. The second-order valence-corrected chi connectivity index (χ2v) is 4.39. The Labute approximate surface area is 110 Å². The van der Waals surface area contributed by atoms with E-state index in [0.29, 0.717) is 0 Å². The quantitative estimate of drug-likeness (QED) is 0.839. The molecule has 1 rings (SSSR count). The second kappa shape index (κ2) is 6.77. The van der Waals surface area contributed by atoms with Crippen molar-refractivity contribution in [2.45, 2.75) is 31.6 Å². The second-order valence-electron chi connectivity index (χ2n) is 4.39. The van der Waals surface area contributed by atoms with Crippen LogP contribution in [-0.2, 0) is 0 Å². The van der Waals surface area contributed by atoms with Crippen LogP contribution in [0.15, 0.2) is 24.3 Å². The van der Waals surface area contributed by atoms with Crippen LogP contribution in [0.3, 0.4) is 0 Å². The van der Waals surface area contributed by atoms with Crippen molar-refractivity contribution in [3.63, 3.8) is 0 Å². The fraction of sp³-hybridized carbons (Fsp3) is 0.538. The van der Waals surface area contributed by atoms with Crippen molar-refractivity contribution in [2.24, 2.45) is 5.73 Å². The number of alkyl halides is 3. The van der Waals surface area contributed by atoms with E-state index >= 15 is 0 Å². The highest BCUT2D eigenvalue weighted by Gasteiger charge is 2.35. The molecular weight excluding hydrogens is 257 g/mol. The number of hydrogen-bond donors (Lipinski definition) is 2. The summed E-state index contributed by atoms with van der Waals surface area (Å²) >= 11 is 0. The molecule has 1 aromatic carbocycles. The van der Waals surface area contributed by atoms with Crippen molar-refractivity contribution >= 4 is 0 Å². The average Bonchev–Trinajstić information content (AvgIpc) is 2.37. The highest BCUT2D eigenvalue weighted by molar-refractivity contribution is 5.28. The van der Waals surface area contributed by atoms with Crippen molar-refractivity contribution in [1.82, 2.24) is 5.32 Å². The molecule has 19 heavy (non-hydrogen) atoms. The summed E-state index contributed by atoms with van der Waals surface area (Å²) in [6.07, 6.45) is -4.46. The predicted molar refractivity (Wildman–Crippen MR) is 68.1 cm³/mol. The van der Waals surface area contributed by atoms with E-state index < -0.39 is 12.2 Å². The van der Waals surface area contributed by atoms with Gasteiger partial charge in [0.05, 0.1) is 7.11 Å². The predicted octanol–water partition coefficient (Wildman–Crippen LogP) is 2.63. The van der Waals surface area contributed by atoms with E-state index in [2.05, 4.69) is 5.32 Å². The lowest BCUT2D eigenvalue weighted by molar-refractivity contribution is -0.148. The molecule has 0 saturated carbocycles. The number of hydrogen-bond acceptors (Lipinski definition) is 3. The van der Waals surface area contributed by atoms with E-state index in [1.54, 1.807) is 7.11 Å². The molecule has 0 aliphatic carbocycles. The molecule has 0 aliphatic rings. The molecule has 3 N–H and O–H groups in total. The molecule has 6 heteroatoms. The summed E-state index contributed by atoms with van der Waals surface area (Å²) in [6, 6.07) is 5.57. The molecule has 108 valence electrons. The Balaban J connectivity index is 2.40. The van der Waals surface area contributed by atoms with E-state index in [4.69, 9.17) is 10.5 Å². The van der Waals surface area contributed by atoms with E-state index in [9.17, 15) is 13.2 Å². The molecule has 0 heterocycles. The van der Waals surface area contributed by atoms with Crippen LogP contribution in [0.1, 0.15) is 24.9 Å². The third kappa shape index (κ3) is 5.08. The van der Waals surface area contributed by atoms with Gasteiger partial charge in [-0.3, -0.25) is 0 Å². The average molecular weight is 276 g/mol. The van der Waals surface area contributed by atoms with Crippen LogP contribution in [0.4, 0.5) is 13.2 Å². The zero-order valence-electron chi connectivity index (χ0n) is 11.0. The molecule has 0 spiro atoms. The van der Waals surface area contributed by atoms with Gasteiger partial charge in [0.15, 0.2) is 0 Å². The first-order valence-electron chi connectivity index (χ1n) is 6.04. The number of nitrogens with two attached hydrogens (primary N) is 1.